The van der Waals surface area contributed by atoms with Crippen LogP contribution in [0.4, 0.5) is 0 Å². The normalized spacial score (nSPS) is 10.1. The van der Waals surface area contributed by atoms with E-state index in [1.807, 2.05) is 30.3 Å². The molecule has 0 atom stereocenters. The molecule has 2 rings (SSSR count). The standard InChI is InChI=1S/C13H14N4O3/c1-20-13(19)12-15-9-17(16-12)8-11(18)14-7-10-5-3-2-4-6-10/h2-6,9H,7-8H2,1H3,(H,14,18). The topological polar surface area (TPSA) is 86.1 Å². The Balaban J connectivity index is 1.85. The van der Waals surface area contributed by atoms with Gasteiger partial charge in [0.15, 0.2) is 0 Å². The Labute approximate surface area is 115 Å². The first-order valence-electron chi connectivity index (χ1n) is 5.97. The minimum absolute atomic E-state index is 0.00315. The molecule has 0 spiro atoms. The minimum atomic E-state index is -0.631. The van der Waals surface area contributed by atoms with Crippen molar-refractivity contribution in [3.8, 4) is 0 Å². The Kier molecular flexibility index (Phi) is 4.43. The molecule has 0 saturated carbocycles. The van der Waals surface area contributed by atoms with Gasteiger partial charge in [-0.15, -0.1) is 5.10 Å². The van der Waals surface area contributed by atoms with Gasteiger partial charge < -0.3 is 10.1 Å². The monoisotopic (exact) mass is 274 g/mol. The van der Waals surface area contributed by atoms with Crippen LogP contribution in [0, 0.1) is 0 Å². The minimum Gasteiger partial charge on any atom is -0.463 e. The van der Waals surface area contributed by atoms with Gasteiger partial charge in [-0.2, -0.15) is 0 Å². The van der Waals surface area contributed by atoms with E-state index in [9.17, 15) is 9.59 Å². The highest BCUT2D eigenvalue weighted by atomic mass is 16.5. The summed E-state index contributed by atoms with van der Waals surface area (Å²) in [5, 5.41) is 6.60. The lowest BCUT2D eigenvalue weighted by molar-refractivity contribution is -0.122. The molecule has 0 fully saturated rings. The lowest BCUT2D eigenvalue weighted by atomic mass is 10.2. The van der Waals surface area contributed by atoms with E-state index < -0.39 is 5.97 Å². The molecule has 1 N–H and O–H groups in total. The molecule has 1 heterocycles. The molecule has 104 valence electrons. The number of methoxy groups -OCH3 is 1. The molecule has 7 heteroatoms. The second-order valence-corrected chi connectivity index (χ2v) is 4.02. The third-order valence-corrected chi connectivity index (χ3v) is 2.54. The Bertz CT molecular complexity index is 595. The van der Waals surface area contributed by atoms with Gasteiger partial charge in [0.05, 0.1) is 7.11 Å². The lowest BCUT2D eigenvalue weighted by Crippen LogP contribution is -2.27. The molecule has 0 aliphatic rings. The molecule has 0 bridgehead atoms. The van der Waals surface area contributed by atoms with Crippen LogP contribution in [-0.2, 0) is 22.6 Å². The van der Waals surface area contributed by atoms with Crippen molar-refractivity contribution in [2.75, 3.05) is 7.11 Å². The quantitative estimate of drug-likeness (QED) is 0.797. The summed E-state index contributed by atoms with van der Waals surface area (Å²) < 4.78 is 5.77. The van der Waals surface area contributed by atoms with Crippen LogP contribution in [0.2, 0.25) is 0 Å². The molecular weight excluding hydrogens is 260 g/mol. The number of carbonyl (C=O) groups excluding carboxylic acids is 2. The molecule has 7 nitrogen and oxygen atoms in total. The van der Waals surface area contributed by atoms with Crippen molar-refractivity contribution in [2.45, 2.75) is 13.1 Å². The maximum atomic E-state index is 11.7. The number of benzene rings is 1. The van der Waals surface area contributed by atoms with E-state index in [1.54, 1.807) is 0 Å². The van der Waals surface area contributed by atoms with Crippen molar-refractivity contribution >= 4 is 11.9 Å². The lowest BCUT2D eigenvalue weighted by Gasteiger charge is -2.04. The van der Waals surface area contributed by atoms with Gasteiger partial charge in [0, 0.05) is 6.54 Å². The average molecular weight is 274 g/mol. The number of amides is 1. The second kappa shape index (κ2) is 6.46. The number of rotatable bonds is 5. The van der Waals surface area contributed by atoms with E-state index in [0.29, 0.717) is 6.54 Å². The summed E-state index contributed by atoms with van der Waals surface area (Å²) in [6, 6.07) is 9.56. The summed E-state index contributed by atoms with van der Waals surface area (Å²) >= 11 is 0. The maximum Gasteiger partial charge on any atom is 0.377 e. The van der Waals surface area contributed by atoms with E-state index in [4.69, 9.17) is 0 Å². The molecule has 0 radical (unpaired) electrons. The molecule has 20 heavy (non-hydrogen) atoms. The third kappa shape index (κ3) is 3.64. The first-order chi connectivity index (χ1) is 9.69. The van der Waals surface area contributed by atoms with Gasteiger partial charge in [-0.25, -0.2) is 14.5 Å². The fraction of sp³-hybridized carbons (Fsp3) is 0.231. The number of nitrogens with one attached hydrogen (secondary N) is 1. The number of nitrogens with zero attached hydrogens (tertiary/aromatic N) is 3. The summed E-state index contributed by atoms with van der Waals surface area (Å²) in [6.07, 6.45) is 1.31. The highest BCUT2D eigenvalue weighted by Gasteiger charge is 2.12. The van der Waals surface area contributed by atoms with Gasteiger partial charge in [0.1, 0.15) is 12.9 Å². The van der Waals surface area contributed by atoms with Crippen LogP contribution in [0.1, 0.15) is 16.2 Å². The number of aromatic nitrogens is 3. The van der Waals surface area contributed by atoms with E-state index >= 15 is 0 Å². The van der Waals surface area contributed by atoms with Crippen LogP contribution in [0.25, 0.3) is 0 Å². The third-order valence-electron chi connectivity index (χ3n) is 2.54. The SMILES string of the molecule is COC(=O)c1ncn(CC(=O)NCc2ccccc2)n1. The van der Waals surface area contributed by atoms with Gasteiger partial charge >= 0.3 is 5.97 Å². The summed E-state index contributed by atoms with van der Waals surface area (Å²) in [5.74, 6) is -0.910. The van der Waals surface area contributed by atoms with Gasteiger partial charge in [-0.3, -0.25) is 4.79 Å². The zero-order chi connectivity index (χ0) is 14.4. The van der Waals surface area contributed by atoms with Crippen molar-refractivity contribution < 1.29 is 14.3 Å². The summed E-state index contributed by atoms with van der Waals surface area (Å²) in [7, 11) is 1.25. The molecule has 0 aliphatic carbocycles. The van der Waals surface area contributed by atoms with Crippen molar-refractivity contribution in [3.63, 3.8) is 0 Å². The zero-order valence-electron chi connectivity index (χ0n) is 10.9. The fourth-order valence-electron chi connectivity index (χ4n) is 1.56. The molecule has 0 aliphatic heterocycles. The Hall–Kier alpha value is -2.70. The highest BCUT2D eigenvalue weighted by molar-refractivity contribution is 5.84. The number of esters is 1. The van der Waals surface area contributed by atoms with Gasteiger partial charge in [0.25, 0.3) is 5.82 Å². The highest BCUT2D eigenvalue weighted by Crippen LogP contribution is 1.97. The van der Waals surface area contributed by atoms with Crippen molar-refractivity contribution in [2.24, 2.45) is 0 Å². The smallest absolute Gasteiger partial charge is 0.377 e. The molecule has 1 aromatic carbocycles. The largest absolute Gasteiger partial charge is 0.463 e. The molecule has 1 aromatic heterocycles. The first-order valence-corrected chi connectivity index (χ1v) is 5.97. The number of ether oxygens (including phenoxy) is 1. The van der Waals surface area contributed by atoms with Crippen LogP contribution in [0.3, 0.4) is 0 Å². The number of hydrogen-bond acceptors (Lipinski definition) is 5. The summed E-state index contributed by atoms with van der Waals surface area (Å²) in [6.45, 7) is 0.440. The summed E-state index contributed by atoms with van der Waals surface area (Å²) in [4.78, 5) is 26.6. The fourth-order valence-corrected chi connectivity index (χ4v) is 1.56. The Morgan fingerprint density at radius 1 is 1.30 bits per heavy atom. The van der Waals surface area contributed by atoms with Gasteiger partial charge in [-0.05, 0) is 5.56 Å². The van der Waals surface area contributed by atoms with Crippen LogP contribution in [0.5, 0.6) is 0 Å². The Morgan fingerprint density at radius 2 is 2.05 bits per heavy atom. The van der Waals surface area contributed by atoms with E-state index in [-0.39, 0.29) is 18.3 Å². The van der Waals surface area contributed by atoms with Crippen LogP contribution < -0.4 is 5.32 Å². The molecule has 1 amide bonds. The van der Waals surface area contributed by atoms with E-state index in [2.05, 4.69) is 20.1 Å². The number of carbonyl (C=O) groups is 2. The second-order valence-electron chi connectivity index (χ2n) is 4.02. The number of hydrogen-bond donors (Lipinski definition) is 1. The first kappa shape index (κ1) is 13.7. The molecular formula is C13H14N4O3. The average Bonchev–Trinajstić information content (AvgIpc) is 2.94. The predicted molar refractivity (Wildman–Crippen MR) is 69.7 cm³/mol. The predicted octanol–water partition coefficient (Wildman–Crippen LogP) is 0.381. The van der Waals surface area contributed by atoms with Gasteiger partial charge in [-0.1, -0.05) is 30.3 Å². The van der Waals surface area contributed by atoms with Crippen LogP contribution in [-0.4, -0.2) is 33.8 Å². The van der Waals surface area contributed by atoms with Gasteiger partial charge in [0.2, 0.25) is 5.91 Å². The summed E-state index contributed by atoms with van der Waals surface area (Å²) in [5.41, 5.74) is 1.01. The van der Waals surface area contributed by atoms with Crippen LogP contribution in [0.15, 0.2) is 36.7 Å². The van der Waals surface area contributed by atoms with Crippen LogP contribution >= 0.6 is 0 Å². The van der Waals surface area contributed by atoms with Crippen molar-refractivity contribution in [1.29, 1.82) is 0 Å². The molecule has 2 aromatic rings. The van der Waals surface area contributed by atoms with E-state index in [0.717, 1.165) is 5.56 Å². The van der Waals surface area contributed by atoms with Crippen molar-refractivity contribution in [1.82, 2.24) is 20.1 Å². The zero-order valence-corrected chi connectivity index (χ0v) is 10.9. The van der Waals surface area contributed by atoms with E-state index in [1.165, 1.54) is 18.1 Å². The Morgan fingerprint density at radius 3 is 2.75 bits per heavy atom. The maximum absolute atomic E-state index is 11.7. The van der Waals surface area contributed by atoms with Crippen molar-refractivity contribution in [3.05, 3.63) is 48.0 Å². The molecule has 0 unspecified atom stereocenters. The molecule has 0 saturated heterocycles.